The summed E-state index contributed by atoms with van der Waals surface area (Å²) in [4.78, 5) is 29.3. The number of carbonyl (C=O) groups excluding carboxylic acids is 2. The molecule has 0 radical (unpaired) electrons. The lowest BCUT2D eigenvalue weighted by Crippen LogP contribution is -2.48. The first-order valence-corrected chi connectivity index (χ1v) is 8.69. The Bertz CT molecular complexity index is 748. The zero-order valence-electron chi connectivity index (χ0n) is 13.8. The number of thiophene rings is 1. The Hall–Kier alpha value is -2.34. The van der Waals surface area contributed by atoms with Crippen molar-refractivity contribution in [2.75, 3.05) is 38.2 Å². The van der Waals surface area contributed by atoms with Crippen LogP contribution in [0.5, 0.6) is 0 Å². The van der Waals surface area contributed by atoms with Crippen LogP contribution in [0.2, 0.25) is 0 Å². The fourth-order valence-corrected chi connectivity index (χ4v) is 3.70. The zero-order valence-corrected chi connectivity index (χ0v) is 14.6. The molecular weight excluding hydrogens is 324 g/mol. The topological polar surface area (TPSA) is 49.9 Å². The van der Waals surface area contributed by atoms with Gasteiger partial charge in [-0.15, -0.1) is 11.3 Å². The van der Waals surface area contributed by atoms with Crippen LogP contribution in [0, 0.1) is 6.92 Å². The van der Waals surface area contributed by atoms with E-state index in [4.69, 9.17) is 0 Å². The molecule has 1 saturated heterocycles. The van der Waals surface area contributed by atoms with Crippen molar-refractivity contribution in [2.45, 2.75) is 6.92 Å². The second kappa shape index (κ2) is 7.05. The van der Waals surface area contributed by atoms with Crippen LogP contribution in [0.25, 0.3) is 0 Å². The SMILES string of the molecule is COC(=O)c1ccc(C(=O)N2CCN(c3cccc(C)c3)CC2)s1. The van der Waals surface area contributed by atoms with Crippen molar-refractivity contribution in [3.8, 4) is 0 Å². The van der Waals surface area contributed by atoms with Crippen LogP contribution in [0.3, 0.4) is 0 Å². The van der Waals surface area contributed by atoms with Crippen LogP contribution in [-0.2, 0) is 4.74 Å². The molecule has 0 saturated carbocycles. The molecule has 0 bridgehead atoms. The monoisotopic (exact) mass is 344 g/mol. The van der Waals surface area contributed by atoms with Crippen molar-refractivity contribution in [3.63, 3.8) is 0 Å². The molecule has 5 nitrogen and oxygen atoms in total. The first-order chi connectivity index (χ1) is 11.6. The third-order valence-electron chi connectivity index (χ3n) is 4.14. The van der Waals surface area contributed by atoms with Crippen molar-refractivity contribution in [1.82, 2.24) is 4.90 Å². The molecule has 3 rings (SSSR count). The second-order valence-corrected chi connectivity index (χ2v) is 6.86. The number of benzene rings is 1. The standard InChI is InChI=1S/C18H20N2O3S/c1-13-4-3-5-14(12-13)19-8-10-20(11-9-19)17(21)15-6-7-16(24-15)18(22)23-2/h3-7,12H,8-11H2,1-2H3. The molecule has 0 spiro atoms. The highest BCUT2D eigenvalue weighted by Crippen LogP contribution is 2.22. The Kier molecular flexibility index (Phi) is 4.85. The highest BCUT2D eigenvalue weighted by molar-refractivity contribution is 7.15. The van der Waals surface area contributed by atoms with Gasteiger partial charge < -0.3 is 14.5 Å². The molecule has 6 heteroatoms. The average molecular weight is 344 g/mol. The Morgan fingerprint density at radius 3 is 2.42 bits per heavy atom. The maximum atomic E-state index is 12.6. The van der Waals surface area contributed by atoms with Gasteiger partial charge in [0.05, 0.1) is 12.0 Å². The lowest BCUT2D eigenvalue weighted by Gasteiger charge is -2.36. The van der Waals surface area contributed by atoms with Crippen LogP contribution in [-0.4, -0.2) is 50.1 Å². The van der Waals surface area contributed by atoms with Gasteiger partial charge in [-0.2, -0.15) is 0 Å². The minimum absolute atomic E-state index is 0.0148. The van der Waals surface area contributed by atoms with E-state index in [1.165, 1.54) is 29.7 Å². The largest absolute Gasteiger partial charge is 0.465 e. The maximum absolute atomic E-state index is 12.6. The second-order valence-electron chi connectivity index (χ2n) is 5.77. The van der Waals surface area contributed by atoms with Crippen molar-refractivity contribution >= 4 is 28.9 Å². The maximum Gasteiger partial charge on any atom is 0.348 e. The number of ether oxygens (including phenoxy) is 1. The summed E-state index contributed by atoms with van der Waals surface area (Å²) < 4.78 is 4.69. The van der Waals surface area contributed by atoms with E-state index in [2.05, 4.69) is 40.8 Å². The molecule has 1 aromatic heterocycles. The first kappa shape index (κ1) is 16.5. The van der Waals surface area contributed by atoms with Crippen LogP contribution in [0.1, 0.15) is 24.9 Å². The number of carbonyl (C=O) groups is 2. The number of piperazine rings is 1. The fourth-order valence-electron chi connectivity index (χ4n) is 2.81. The summed E-state index contributed by atoms with van der Waals surface area (Å²) in [6, 6.07) is 11.8. The van der Waals surface area contributed by atoms with Gasteiger partial charge in [0.15, 0.2) is 0 Å². The highest BCUT2D eigenvalue weighted by Gasteiger charge is 2.24. The number of hydrogen-bond acceptors (Lipinski definition) is 5. The van der Waals surface area contributed by atoms with Gasteiger partial charge in [-0.05, 0) is 36.8 Å². The summed E-state index contributed by atoms with van der Waals surface area (Å²) >= 11 is 1.19. The summed E-state index contributed by atoms with van der Waals surface area (Å²) in [5, 5.41) is 0. The quantitative estimate of drug-likeness (QED) is 0.804. The normalized spacial score (nSPS) is 14.6. The number of rotatable bonds is 3. The molecule has 0 atom stereocenters. The van der Waals surface area contributed by atoms with E-state index in [0.717, 1.165) is 13.1 Å². The molecule has 0 unspecified atom stereocenters. The number of esters is 1. The number of nitrogens with zero attached hydrogens (tertiary/aromatic N) is 2. The van der Waals surface area contributed by atoms with E-state index in [-0.39, 0.29) is 5.91 Å². The van der Waals surface area contributed by atoms with Crippen molar-refractivity contribution in [1.29, 1.82) is 0 Å². The molecule has 0 N–H and O–H groups in total. The predicted octanol–water partition coefficient (Wildman–Crippen LogP) is 2.81. The van der Waals surface area contributed by atoms with E-state index in [9.17, 15) is 9.59 Å². The van der Waals surface area contributed by atoms with Crippen LogP contribution >= 0.6 is 11.3 Å². The van der Waals surface area contributed by atoms with Gasteiger partial charge >= 0.3 is 5.97 Å². The van der Waals surface area contributed by atoms with Crippen LogP contribution in [0.15, 0.2) is 36.4 Å². The number of methoxy groups -OCH3 is 1. The van der Waals surface area contributed by atoms with E-state index in [1.807, 2.05) is 4.90 Å². The van der Waals surface area contributed by atoms with E-state index < -0.39 is 5.97 Å². The predicted molar refractivity (Wildman–Crippen MR) is 95.0 cm³/mol. The molecular formula is C18H20N2O3S. The van der Waals surface area contributed by atoms with Gasteiger partial charge in [-0.25, -0.2) is 4.79 Å². The molecule has 126 valence electrons. The third kappa shape index (κ3) is 3.43. The summed E-state index contributed by atoms with van der Waals surface area (Å²) in [7, 11) is 1.34. The highest BCUT2D eigenvalue weighted by atomic mass is 32.1. The third-order valence-corrected chi connectivity index (χ3v) is 5.19. The van der Waals surface area contributed by atoms with Gasteiger partial charge in [-0.1, -0.05) is 12.1 Å². The van der Waals surface area contributed by atoms with Gasteiger partial charge in [0.1, 0.15) is 4.88 Å². The van der Waals surface area contributed by atoms with Gasteiger partial charge in [-0.3, -0.25) is 4.79 Å². The van der Waals surface area contributed by atoms with Crippen molar-refractivity contribution in [2.24, 2.45) is 0 Å². The summed E-state index contributed by atoms with van der Waals surface area (Å²) in [6.07, 6.45) is 0. The molecule has 24 heavy (non-hydrogen) atoms. The number of aryl methyl sites for hydroxylation is 1. The number of amides is 1. The van der Waals surface area contributed by atoms with Crippen LogP contribution < -0.4 is 4.90 Å². The smallest absolute Gasteiger partial charge is 0.348 e. The van der Waals surface area contributed by atoms with Gasteiger partial charge in [0.25, 0.3) is 5.91 Å². The lowest BCUT2D eigenvalue weighted by atomic mass is 10.2. The molecule has 1 fully saturated rings. The summed E-state index contributed by atoms with van der Waals surface area (Å²) in [5.74, 6) is -0.414. The Balaban J connectivity index is 1.63. The Labute approximate surface area is 145 Å². The van der Waals surface area contributed by atoms with Crippen LogP contribution in [0.4, 0.5) is 5.69 Å². The minimum Gasteiger partial charge on any atom is -0.465 e. The van der Waals surface area contributed by atoms with Gasteiger partial charge in [0, 0.05) is 31.9 Å². The van der Waals surface area contributed by atoms with Crippen molar-refractivity contribution < 1.29 is 14.3 Å². The van der Waals surface area contributed by atoms with E-state index in [1.54, 1.807) is 12.1 Å². The molecule has 1 amide bonds. The molecule has 1 aliphatic heterocycles. The van der Waals surface area contributed by atoms with E-state index >= 15 is 0 Å². The molecule has 0 aliphatic carbocycles. The van der Waals surface area contributed by atoms with Crippen molar-refractivity contribution in [3.05, 3.63) is 51.7 Å². The molecule has 1 aromatic carbocycles. The zero-order chi connectivity index (χ0) is 17.1. The molecule has 2 heterocycles. The molecule has 2 aromatic rings. The summed E-state index contributed by atoms with van der Waals surface area (Å²) in [5.41, 5.74) is 2.44. The minimum atomic E-state index is -0.400. The Morgan fingerprint density at radius 1 is 1.04 bits per heavy atom. The first-order valence-electron chi connectivity index (χ1n) is 7.87. The van der Waals surface area contributed by atoms with Gasteiger partial charge in [0.2, 0.25) is 0 Å². The fraction of sp³-hybridized carbons (Fsp3) is 0.333. The molecule has 1 aliphatic rings. The average Bonchev–Trinajstić information content (AvgIpc) is 3.10. The Morgan fingerprint density at radius 2 is 1.75 bits per heavy atom. The number of hydrogen-bond donors (Lipinski definition) is 0. The van der Waals surface area contributed by atoms with E-state index in [0.29, 0.717) is 22.8 Å². The lowest BCUT2D eigenvalue weighted by molar-refractivity contribution is 0.0606. The summed E-state index contributed by atoms with van der Waals surface area (Å²) in [6.45, 7) is 5.06. The number of anilines is 1.